The summed E-state index contributed by atoms with van der Waals surface area (Å²) in [7, 11) is 0. The summed E-state index contributed by atoms with van der Waals surface area (Å²) in [6.07, 6.45) is 10.0. The van der Waals surface area contributed by atoms with Gasteiger partial charge in [-0.25, -0.2) is 0 Å². The summed E-state index contributed by atoms with van der Waals surface area (Å²) < 4.78 is 0. The molecule has 0 aromatic heterocycles. The average molecular weight is 261 g/mol. The summed E-state index contributed by atoms with van der Waals surface area (Å²) in [6.45, 7) is 2.76. The number of aliphatic hydroxyl groups excluding tert-OH is 1. The van der Waals surface area contributed by atoms with Gasteiger partial charge in [0.05, 0.1) is 12.0 Å². The van der Waals surface area contributed by atoms with Crippen molar-refractivity contribution in [3.05, 3.63) is 0 Å². The number of hydrogen-bond acceptors (Lipinski definition) is 2. The summed E-state index contributed by atoms with van der Waals surface area (Å²) in [6, 6.07) is 2.60. The van der Waals surface area contributed by atoms with Gasteiger partial charge in [-0.1, -0.05) is 13.3 Å². The van der Waals surface area contributed by atoms with Crippen molar-refractivity contribution >= 4 is 0 Å². The van der Waals surface area contributed by atoms with Crippen molar-refractivity contribution in [2.45, 2.75) is 58.3 Å². The van der Waals surface area contributed by atoms with Gasteiger partial charge in [0.2, 0.25) is 0 Å². The van der Waals surface area contributed by atoms with Crippen LogP contribution < -0.4 is 0 Å². The van der Waals surface area contributed by atoms with E-state index in [2.05, 4.69) is 13.0 Å². The molecule has 106 valence electrons. The molecule has 2 nitrogen and oxygen atoms in total. The van der Waals surface area contributed by atoms with E-state index >= 15 is 0 Å². The molecule has 3 unspecified atom stereocenters. The first-order valence-electron chi connectivity index (χ1n) is 8.19. The van der Waals surface area contributed by atoms with Crippen molar-refractivity contribution in [2.75, 3.05) is 6.61 Å². The Morgan fingerprint density at radius 2 is 2.05 bits per heavy atom. The Bertz CT molecular complexity index is 374. The number of fused-ring (bicyclic) bond motifs is 3. The Balaban J connectivity index is 1.73. The molecule has 0 aromatic carbocycles. The van der Waals surface area contributed by atoms with Crippen molar-refractivity contribution in [3.63, 3.8) is 0 Å². The van der Waals surface area contributed by atoms with Crippen molar-refractivity contribution in [1.29, 1.82) is 5.26 Å². The van der Waals surface area contributed by atoms with Crippen LogP contribution in [-0.4, -0.2) is 11.7 Å². The fourth-order valence-corrected chi connectivity index (χ4v) is 5.73. The Morgan fingerprint density at radius 3 is 2.79 bits per heavy atom. The van der Waals surface area contributed by atoms with Crippen LogP contribution in [0.5, 0.6) is 0 Å². The summed E-state index contributed by atoms with van der Waals surface area (Å²) in [5.41, 5.74) is 0.319. The van der Waals surface area contributed by atoms with Gasteiger partial charge in [0.25, 0.3) is 0 Å². The molecule has 1 N–H and O–H groups in total. The normalized spacial score (nSPS) is 49.2. The monoisotopic (exact) mass is 261 g/mol. The number of rotatable bonds is 2. The fourth-order valence-electron chi connectivity index (χ4n) is 5.73. The molecular formula is C17H27NO. The highest BCUT2D eigenvalue weighted by Gasteiger charge is 2.54. The zero-order valence-corrected chi connectivity index (χ0v) is 12.1. The van der Waals surface area contributed by atoms with E-state index in [-0.39, 0.29) is 0 Å². The molecule has 6 atom stereocenters. The Labute approximate surface area is 117 Å². The molecule has 0 aliphatic heterocycles. The van der Waals surface area contributed by atoms with Crippen molar-refractivity contribution in [2.24, 2.45) is 35.0 Å². The van der Waals surface area contributed by atoms with Gasteiger partial charge in [-0.05, 0) is 74.0 Å². The van der Waals surface area contributed by atoms with Gasteiger partial charge >= 0.3 is 0 Å². The highest BCUT2D eigenvalue weighted by atomic mass is 16.3. The van der Waals surface area contributed by atoms with E-state index in [0.717, 1.165) is 36.5 Å². The largest absolute Gasteiger partial charge is 0.396 e. The molecule has 0 bridgehead atoms. The molecule has 0 spiro atoms. The van der Waals surface area contributed by atoms with Gasteiger partial charge in [-0.2, -0.15) is 5.26 Å². The minimum absolute atomic E-state index is 0.314. The standard InChI is InChI=1S/C17H27NO/c1-17-8-6-13-10-12(7-9-19)2-4-15(13)16(17)5-3-14(17)11-18/h12-16,19H,2-10H2,1H3/t12-,13?,14-,15?,16?,17-/m1/s1. The maximum atomic E-state index is 9.40. The first-order chi connectivity index (χ1) is 9.19. The van der Waals surface area contributed by atoms with E-state index < -0.39 is 0 Å². The zero-order chi connectivity index (χ0) is 13.5. The lowest BCUT2D eigenvalue weighted by Crippen LogP contribution is -2.43. The number of nitriles is 1. The van der Waals surface area contributed by atoms with E-state index in [1.807, 2.05) is 0 Å². The molecule has 2 heteroatoms. The Hall–Kier alpha value is -0.550. The Morgan fingerprint density at radius 1 is 1.21 bits per heavy atom. The SMILES string of the molecule is C[C@]12CCC3C[C@@H](CCO)CCC3C1CC[C@@H]2C#N. The fraction of sp³-hybridized carbons (Fsp3) is 0.941. The van der Waals surface area contributed by atoms with E-state index in [4.69, 9.17) is 5.11 Å². The maximum Gasteiger partial charge on any atom is 0.0661 e. The second kappa shape index (κ2) is 5.09. The lowest BCUT2D eigenvalue weighted by Gasteiger charge is -2.51. The van der Waals surface area contributed by atoms with Crippen LogP contribution >= 0.6 is 0 Å². The van der Waals surface area contributed by atoms with Crippen LogP contribution in [0.1, 0.15) is 58.3 Å². The molecular weight excluding hydrogens is 234 g/mol. The third-order valence-corrected chi connectivity index (χ3v) is 6.82. The van der Waals surface area contributed by atoms with Gasteiger partial charge in [0.15, 0.2) is 0 Å². The predicted octanol–water partition coefficient (Wildman–Crippen LogP) is 3.75. The van der Waals surface area contributed by atoms with Crippen LogP contribution in [0.3, 0.4) is 0 Å². The highest BCUT2D eigenvalue weighted by Crippen LogP contribution is 2.61. The van der Waals surface area contributed by atoms with Crippen LogP contribution in [0.2, 0.25) is 0 Å². The average Bonchev–Trinajstić information content (AvgIpc) is 2.76. The smallest absolute Gasteiger partial charge is 0.0661 e. The minimum Gasteiger partial charge on any atom is -0.396 e. The van der Waals surface area contributed by atoms with Gasteiger partial charge in [-0.3, -0.25) is 0 Å². The lowest BCUT2D eigenvalue weighted by atomic mass is 9.54. The summed E-state index contributed by atoms with van der Waals surface area (Å²) in [5.74, 6) is 3.66. The third-order valence-electron chi connectivity index (χ3n) is 6.82. The van der Waals surface area contributed by atoms with Gasteiger partial charge in [0.1, 0.15) is 0 Å². The first kappa shape index (κ1) is 13.4. The molecule has 3 fully saturated rings. The Kier molecular flexibility index (Phi) is 3.60. The van der Waals surface area contributed by atoms with E-state index in [1.54, 1.807) is 0 Å². The molecule has 3 rings (SSSR count). The lowest BCUT2D eigenvalue weighted by molar-refractivity contribution is -0.0135. The van der Waals surface area contributed by atoms with Crippen LogP contribution in [-0.2, 0) is 0 Å². The van der Waals surface area contributed by atoms with Crippen LogP contribution in [0, 0.1) is 46.3 Å². The van der Waals surface area contributed by atoms with Crippen molar-refractivity contribution in [1.82, 2.24) is 0 Å². The molecule has 0 radical (unpaired) electrons. The molecule has 3 aliphatic carbocycles. The molecule has 0 aromatic rings. The van der Waals surface area contributed by atoms with Crippen LogP contribution in [0.15, 0.2) is 0 Å². The highest BCUT2D eigenvalue weighted by molar-refractivity contribution is 5.09. The van der Waals surface area contributed by atoms with Crippen LogP contribution in [0.25, 0.3) is 0 Å². The maximum absolute atomic E-state index is 9.40. The quantitative estimate of drug-likeness (QED) is 0.822. The number of hydrogen-bond donors (Lipinski definition) is 1. The first-order valence-corrected chi connectivity index (χ1v) is 8.19. The van der Waals surface area contributed by atoms with Crippen molar-refractivity contribution < 1.29 is 5.11 Å². The van der Waals surface area contributed by atoms with Crippen LogP contribution in [0.4, 0.5) is 0 Å². The van der Waals surface area contributed by atoms with Crippen molar-refractivity contribution in [3.8, 4) is 6.07 Å². The zero-order valence-electron chi connectivity index (χ0n) is 12.1. The summed E-state index contributed by atoms with van der Waals surface area (Å²) in [5, 5.41) is 18.5. The molecule has 0 heterocycles. The molecule has 0 amide bonds. The second-order valence-electron chi connectivity index (χ2n) is 7.53. The predicted molar refractivity (Wildman–Crippen MR) is 75.2 cm³/mol. The van der Waals surface area contributed by atoms with Gasteiger partial charge in [0, 0.05) is 6.61 Å². The molecule has 3 saturated carbocycles. The molecule has 3 aliphatic rings. The minimum atomic E-state index is 0.314. The summed E-state index contributed by atoms with van der Waals surface area (Å²) >= 11 is 0. The number of nitrogens with zero attached hydrogens (tertiary/aromatic N) is 1. The second-order valence-corrected chi connectivity index (χ2v) is 7.53. The van der Waals surface area contributed by atoms with E-state index in [1.165, 1.54) is 38.5 Å². The third kappa shape index (κ3) is 2.11. The van der Waals surface area contributed by atoms with Gasteiger partial charge < -0.3 is 5.11 Å². The van der Waals surface area contributed by atoms with E-state index in [0.29, 0.717) is 17.9 Å². The van der Waals surface area contributed by atoms with Gasteiger partial charge in [-0.15, -0.1) is 0 Å². The topological polar surface area (TPSA) is 44.0 Å². The van der Waals surface area contributed by atoms with E-state index in [9.17, 15) is 5.26 Å². The number of aliphatic hydroxyl groups is 1. The molecule has 19 heavy (non-hydrogen) atoms. The molecule has 0 saturated heterocycles. The summed E-state index contributed by atoms with van der Waals surface area (Å²) in [4.78, 5) is 0.